The molecular weight excluding hydrogens is 360 g/mol. The monoisotopic (exact) mass is 398 g/mol. The number of likely N-dealkylation sites (N-methyl/N-ethyl adjacent to an activating group) is 1. The van der Waals surface area contributed by atoms with Crippen LogP contribution in [-0.2, 0) is 4.79 Å². The van der Waals surface area contributed by atoms with Gasteiger partial charge in [-0.25, -0.2) is 0 Å². The van der Waals surface area contributed by atoms with E-state index in [1.54, 1.807) is 0 Å². The highest BCUT2D eigenvalue weighted by atomic mass is 16.2. The zero-order chi connectivity index (χ0) is 21.3. The van der Waals surface area contributed by atoms with Crippen molar-refractivity contribution >= 4 is 11.6 Å². The Morgan fingerprint density at radius 1 is 1.14 bits per heavy atom. The summed E-state index contributed by atoms with van der Waals surface area (Å²) in [5.74, 6) is 2.80. The SMILES string of the molecule is C#CC(N1CCN(C)CC1)C(C)(C)C(=O)Nc1ccccc1.NC1CCCCC1. The zero-order valence-corrected chi connectivity index (χ0v) is 18.4. The van der Waals surface area contributed by atoms with E-state index in [0.29, 0.717) is 6.04 Å². The highest BCUT2D eigenvalue weighted by Crippen LogP contribution is 2.28. The lowest BCUT2D eigenvalue weighted by atomic mass is 9.82. The van der Waals surface area contributed by atoms with Gasteiger partial charge in [0.15, 0.2) is 0 Å². The molecule has 5 nitrogen and oxygen atoms in total. The maximum Gasteiger partial charge on any atom is 0.232 e. The van der Waals surface area contributed by atoms with Gasteiger partial charge in [0, 0.05) is 37.9 Å². The van der Waals surface area contributed by atoms with Gasteiger partial charge in [-0.15, -0.1) is 6.42 Å². The predicted octanol–water partition coefficient (Wildman–Crippen LogP) is 3.18. The second kappa shape index (κ2) is 11.3. The summed E-state index contributed by atoms with van der Waals surface area (Å²) in [6, 6.07) is 9.83. The predicted molar refractivity (Wildman–Crippen MR) is 122 cm³/mol. The van der Waals surface area contributed by atoms with Crippen LogP contribution in [0.25, 0.3) is 0 Å². The molecule has 29 heavy (non-hydrogen) atoms. The van der Waals surface area contributed by atoms with Crippen molar-refractivity contribution in [2.45, 2.75) is 58.0 Å². The van der Waals surface area contributed by atoms with Gasteiger partial charge in [0.1, 0.15) is 0 Å². The first-order chi connectivity index (χ1) is 13.8. The van der Waals surface area contributed by atoms with Crippen molar-refractivity contribution in [1.82, 2.24) is 9.80 Å². The number of rotatable bonds is 4. The summed E-state index contributed by atoms with van der Waals surface area (Å²) < 4.78 is 0. The molecule has 1 aliphatic heterocycles. The number of benzene rings is 1. The molecule has 0 radical (unpaired) electrons. The second-order valence-electron chi connectivity index (χ2n) is 8.85. The molecule has 1 atom stereocenters. The smallest absolute Gasteiger partial charge is 0.232 e. The number of hydrogen-bond donors (Lipinski definition) is 2. The Hall–Kier alpha value is -1.87. The van der Waals surface area contributed by atoms with Gasteiger partial charge in [-0.1, -0.05) is 43.4 Å². The molecule has 160 valence electrons. The molecule has 1 aromatic rings. The first-order valence-corrected chi connectivity index (χ1v) is 10.9. The van der Waals surface area contributed by atoms with Crippen LogP contribution in [0.15, 0.2) is 30.3 Å². The Kier molecular flexibility index (Phi) is 9.16. The van der Waals surface area contributed by atoms with Crippen LogP contribution in [0.4, 0.5) is 5.69 Å². The highest BCUT2D eigenvalue weighted by molar-refractivity contribution is 5.95. The van der Waals surface area contributed by atoms with Gasteiger partial charge in [0.25, 0.3) is 0 Å². The lowest BCUT2D eigenvalue weighted by Gasteiger charge is -2.41. The van der Waals surface area contributed by atoms with Crippen LogP contribution >= 0.6 is 0 Å². The standard InChI is InChI=1S/C18H25N3O.C6H13N/c1-5-16(21-13-11-20(4)12-14-21)18(2,3)17(22)19-15-9-7-6-8-10-15;7-6-4-2-1-3-5-6/h1,6-10,16H,11-14H2,2-4H3,(H,19,22);6H,1-5,7H2. The summed E-state index contributed by atoms with van der Waals surface area (Å²) in [4.78, 5) is 17.2. The minimum Gasteiger partial charge on any atom is -0.328 e. The average molecular weight is 399 g/mol. The minimum absolute atomic E-state index is 0.0411. The molecule has 1 aliphatic carbocycles. The van der Waals surface area contributed by atoms with E-state index in [-0.39, 0.29) is 11.9 Å². The van der Waals surface area contributed by atoms with Crippen molar-refractivity contribution in [3.05, 3.63) is 30.3 Å². The van der Waals surface area contributed by atoms with Crippen molar-refractivity contribution in [2.75, 3.05) is 38.5 Å². The molecule has 1 aromatic carbocycles. The summed E-state index contributed by atoms with van der Waals surface area (Å²) in [6.07, 6.45) is 12.4. The molecular formula is C24H38N4O. The fourth-order valence-electron chi connectivity index (χ4n) is 3.92. The Balaban J connectivity index is 0.000000360. The molecule has 1 amide bonds. The molecule has 0 bridgehead atoms. The number of terminal acetylenes is 1. The van der Waals surface area contributed by atoms with Crippen molar-refractivity contribution in [3.63, 3.8) is 0 Å². The third-order valence-corrected chi connectivity index (χ3v) is 6.01. The number of carbonyl (C=O) groups excluding carboxylic acids is 1. The summed E-state index contributed by atoms with van der Waals surface area (Å²) in [7, 11) is 2.11. The summed E-state index contributed by atoms with van der Waals surface area (Å²) in [6.45, 7) is 7.60. The Morgan fingerprint density at radius 3 is 2.21 bits per heavy atom. The van der Waals surface area contributed by atoms with Gasteiger partial charge in [0.05, 0.1) is 11.5 Å². The van der Waals surface area contributed by atoms with E-state index >= 15 is 0 Å². The van der Waals surface area contributed by atoms with Crippen molar-refractivity contribution < 1.29 is 4.79 Å². The quantitative estimate of drug-likeness (QED) is 0.765. The maximum atomic E-state index is 12.7. The van der Waals surface area contributed by atoms with Gasteiger partial charge in [0.2, 0.25) is 5.91 Å². The Labute approximate surface area is 177 Å². The number of anilines is 1. The van der Waals surface area contributed by atoms with E-state index in [4.69, 9.17) is 12.2 Å². The number of piperazine rings is 1. The molecule has 5 heteroatoms. The topological polar surface area (TPSA) is 61.6 Å². The van der Waals surface area contributed by atoms with Crippen LogP contribution in [0.2, 0.25) is 0 Å². The summed E-state index contributed by atoms with van der Waals surface area (Å²) in [5.41, 5.74) is 5.78. The van der Waals surface area contributed by atoms with Gasteiger partial charge in [-0.3, -0.25) is 9.69 Å². The van der Waals surface area contributed by atoms with E-state index in [2.05, 4.69) is 28.1 Å². The van der Waals surface area contributed by atoms with E-state index in [1.807, 2.05) is 44.2 Å². The molecule has 1 heterocycles. The lowest BCUT2D eigenvalue weighted by Crippen LogP contribution is -2.55. The second-order valence-corrected chi connectivity index (χ2v) is 8.85. The van der Waals surface area contributed by atoms with E-state index in [9.17, 15) is 4.79 Å². The first kappa shape index (κ1) is 23.4. The lowest BCUT2D eigenvalue weighted by molar-refractivity contribution is -0.126. The summed E-state index contributed by atoms with van der Waals surface area (Å²) in [5, 5.41) is 2.97. The third kappa shape index (κ3) is 7.15. The fourth-order valence-corrected chi connectivity index (χ4v) is 3.92. The van der Waals surface area contributed by atoms with E-state index in [1.165, 1.54) is 32.1 Å². The van der Waals surface area contributed by atoms with Gasteiger partial charge >= 0.3 is 0 Å². The number of nitrogens with one attached hydrogen (secondary N) is 1. The zero-order valence-electron chi connectivity index (χ0n) is 18.4. The van der Waals surface area contributed by atoms with Crippen LogP contribution in [0.1, 0.15) is 46.0 Å². The molecule has 3 N–H and O–H groups in total. The molecule has 1 saturated carbocycles. The molecule has 2 aliphatic rings. The third-order valence-electron chi connectivity index (χ3n) is 6.01. The highest BCUT2D eigenvalue weighted by Gasteiger charge is 2.40. The summed E-state index contributed by atoms with van der Waals surface area (Å²) >= 11 is 0. The minimum atomic E-state index is -0.652. The Morgan fingerprint density at radius 2 is 1.72 bits per heavy atom. The Bertz CT molecular complexity index is 653. The first-order valence-electron chi connectivity index (χ1n) is 10.9. The number of amides is 1. The normalized spacial score (nSPS) is 20.1. The number of nitrogens with zero attached hydrogens (tertiary/aromatic N) is 2. The van der Waals surface area contributed by atoms with Gasteiger partial charge in [-0.2, -0.15) is 0 Å². The average Bonchev–Trinajstić information content (AvgIpc) is 2.71. The fraction of sp³-hybridized carbons (Fsp3) is 0.625. The van der Waals surface area contributed by atoms with Gasteiger partial charge in [-0.05, 0) is 45.9 Å². The molecule has 2 fully saturated rings. The number of nitrogens with two attached hydrogens (primary N) is 1. The van der Waals surface area contributed by atoms with Crippen LogP contribution in [-0.4, -0.2) is 61.0 Å². The van der Waals surface area contributed by atoms with Crippen LogP contribution in [0.3, 0.4) is 0 Å². The van der Waals surface area contributed by atoms with Crippen LogP contribution in [0, 0.1) is 17.8 Å². The molecule has 1 unspecified atom stereocenters. The number of hydrogen-bond acceptors (Lipinski definition) is 4. The van der Waals surface area contributed by atoms with Crippen LogP contribution < -0.4 is 11.1 Å². The van der Waals surface area contributed by atoms with E-state index in [0.717, 1.165) is 31.9 Å². The van der Waals surface area contributed by atoms with Crippen molar-refractivity contribution in [1.29, 1.82) is 0 Å². The van der Waals surface area contributed by atoms with E-state index < -0.39 is 5.41 Å². The van der Waals surface area contributed by atoms with Crippen LogP contribution in [0.5, 0.6) is 0 Å². The molecule has 0 spiro atoms. The van der Waals surface area contributed by atoms with Crippen molar-refractivity contribution in [3.8, 4) is 12.3 Å². The maximum absolute atomic E-state index is 12.7. The van der Waals surface area contributed by atoms with Gasteiger partial charge < -0.3 is 16.0 Å². The molecule has 0 aromatic heterocycles. The molecule has 1 saturated heterocycles. The largest absolute Gasteiger partial charge is 0.328 e. The van der Waals surface area contributed by atoms with Crippen molar-refractivity contribution in [2.24, 2.45) is 11.1 Å². The number of carbonyl (C=O) groups is 1. The number of para-hydroxylation sites is 1. The molecule has 3 rings (SSSR count).